The van der Waals surface area contributed by atoms with Gasteiger partial charge in [-0.15, -0.1) is 0 Å². The summed E-state index contributed by atoms with van der Waals surface area (Å²) >= 11 is 0. The molecule has 6 rings (SSSR count). The first-order valence-electron chi connectivity index (χ1n) is 15.2. The van der Waals surface area contributed by atoms with E-state index in [4.69, 9.17) is 4.74 Å². The third kappa shape index (κ3) is 6.15. The van der Waals surface area contributed by atoms with Gasteiger partial charge < -0.3 is 9.64 Å². The molecule has 4 aromatic rings. The number of carbonyl (C=O) groups is 1. The minimum Gasteiger partial charge on any atom is -0.472 e. The number of aromatic nitrogens is 4. The highest BCUT2D eigenvalue weighted by atomic mass is 32.2. The van der Waals surface area contributed by atoms with E-state index in [1.165, 1.54) is 23.1 Å². The number of likely N-dealkylation sites (tertiary alicyclic amines) is 1. The Morgan fingerprint density at radius 2 is 1.78 bits per heavy atom. The van der Waals surface area contributed by atoms with Crippen LogP contribution < -0.4 is 9.46 Å². The van der Waals surface area contributed by atoms with Gasteiger partial charge in [-0.1, -0.05) is 55.7 Å². The van der Waals surface area contributed by atoms with Crippen LogP contribution in [0.1, 0.15) is 55.2 Å². The van der Waals surface area contributed by atoms with Crippen LogP contribution in [0.5, 0.6) is 5.88 Å². The van der Waals surface area contributed by atoms with E-state index in [0.717, 1.165) is 36.0 Å². The first-order chi connectivity index (χ1) is 21.6. The molecule has 45 heavy (non-hydrogen) atoms. The predicted molar refractivity (Wildman–Crippen MR) is 168 cm³/mol. The summed E-state index contributed by atoms with van der Waals surface area (Å²) in [6, 6.07) is 14.2. The van der Waals surface area contributed by atoms with Crippen molar-refractivity contribution < 1.29 is 22.3 Å². The number of amides is 1. The van der Waals surface area contributed by atoms with Crippen LogP contribution in [0.2, 0.25) is 0 Å². The van der Waals surface area contributed by atoms with Gasteiger partial charge in [0.15, 0.2) is 0 Å². The van der Waals surface area contributed by atoms with Crippen LogP contribution in [-0.4, -0.2) is 58.2 Å². The zero-order valence-electron chi connectivity index (χ0n) is 25.7. The van der Waals surface area contributed by atoms with Crippen LogP contribution in [0, 0.1) is 19.7 Å². The molecule has 0 spiro atoms. The lowest BCUT2D eigenvalue weighted by Crippen LogP contribution is -2.48. The number of anilines is 1. The number of nitrogens with one attached hydrogen (secondary N) is 1. The lowest BCUT2D eigenvalue weighted by atomic mass is 9.68. The number of carbonyl (C=O) groups excluding carboxylic acids is 1. The van der Waals surface area contributed by atoms with Gasteiger partial charge in [-0.25, -0.2) is 22.5 Å². The predicted octanol–water partition coefficient (Wildman–Crippen LogP) is 5.32. The van der Waals surface area contributed by atoms with Gasteiger partial charge in [0.1, 0.15) is 16.8 Å². The Morgan fingerprint density at radius 3 is 2.47 bits per heavy atom. The number of ether oxygens (including phenoxy) is 1. The fourth-order valence-corrected chi connectivity index (χ4v) is 7.61. The van der Waals surface area contributed by atoms with E-state index in [1.807, 2.05) is 32.0 Å². The summed E-state index contributed by atoms with van der Waals surface area (Å²) in [5.41, 5.74) is 2.86. The first kappa shape index (κ1) is 30.7. The number of sulfonamides is 1. The standard InChI is InChI=1S/C33H37FN6O4S/c1-22-10-9-11-23(2)30(22)28-18-29(37-32(36-28)38-45(42,43)25-19-35-39(3)21-25)44-24-14-17-40(20-24)31(41)33(15-7-4-8-16-33)26-12-5-6-13-27(26)34/h5-6,9-13,18-19,21,24H,4,7-8,14-17,20H2,1-3H3,(H,36,37,38). The van der Waals surface area contributed by atoms with Crippen LogP contribution in [0.4, 0.5) is 10.3 Å². The molecular formula is C33H37FN6O4S. The Labute approximate surface area is 262 Å². The van der Waals surface area contributed by atoms with Crippen molar-refractivity contribution in [2.45, 2.75) is 68.8 Å². The van der Waals surface area contributed by atoms with E-state index in [9.17, 15) is 13.2 Å². The maximum atomic E-state index is 15.1. The smallest absolute Gasteiger partial charge is 0.267 e. The summed E-state index contributed by atoms with van der Waals surface area (Å²) in [6.07, 6.45) is 6.79. The molecule has 1 aliphatic heterocycles. The number of aryl methyl sites for hydroxylation is 3. The van der Waals surface area contributed by atoms with Crippen LogP contribution in [0.15, 0.2) is 65.8 Å². The van der Waals surface area contributed by atoms with E-state index in [0.29, 0.717) is 43.6 Å². The molecule has 1 atom stereocenters. The third-order valence-electron chi connectivity index (χ3n) is 8.88. The lowest BCUT2D eigenvalue weighted by Gasteiger charge is -2.39. The molecule has 0 bridgehead atoms. The summed E-state index contributed by atoms with van der Waals surface area (Å²) in [5, 5.41) is 3.96. The van der Waals surface area contributed by atoms with Crippen molar-refractivity contribution in [3.63, 3.8) is 0 Å². The molecule has 1 N–H and O–H groups in total. The van der Waals surface area contributed by atoms with Crippen LogP contribution in [0.25, 0.3) is 11.3 Å². The number of hydrogen-bond acceptors (Lipinski definition) is 7. The minimum absolute atomic E-state index is 0.0232. The maximum Gasteiger partial charge on any atom is 0.267 e. The molecule has 1 saturated carbocycles. The second kappa shape index (κ2) is 12.2. The number of halogens is 1. The average molecular weight is 633 g/mol. The average Bonchev–Trinajstić information content (AvgIpc) is 3.66. The van der Waals surface area contributed by atoms with Crippen molar-refractivity contribution in [2.24, 2.45) is 7.05 Å². The van der Waals surface area contributed by atoms with Gasteiger partial charge in [-0.05, 0) is 43.9 Å². The van der Waals surface area contributed by atoms with E-state index in [1.54, 1.807) is 36.2 Å². The van der Waals surface area contributed by atoms with Gasteiger partial charge in [0.25, 0.3) is 10.0 Å². The van der Waals surface area contributed by atoms with Crippen LogP contribution in [0.3, 0.4) is 0 Å². The SMILES string of the molecule is Cc1cccc(C)c1-c1cc(OC2CCN(C(=O)C3(c4ccccc4F)CCCCC3)C2)nc(NS(=O)(=O)c2cnn(C)c2)n1. The molecule has 10 nitrogen and oxygen atoms in total. The fraction of sp³-hybridized carbons (Fsp3) is 0.394. The molecule has 2 aromatic heterocycles. The normalized spacial score (nSPS) is 18.1. The molecule has 2 fully saturated rings. The van der Waals surface area contributed by atoms with Gasteiger partial charge >= 0.3 is 0 Å². The van der Waals surface area contributed by atoms with E-state index in [-0.39, 0.29) is 28.4 Å². The van der Waals surface area contributed by atoms with Gasteiger partial charge in [-0.3, -0.25) is 9.48 Å². The van der Waals surface area contributed by atoms with Gasteiger partial charge in [0, 0.05) is 43.4 Å². The topological polar surface area (TPSA) is 119 Å². The molecular weight excluding hydrogens is 595 g/mol. The monoisotopic (exact) mass is 632 g/mol. The first-order valence-corrected chi connectivity index (χ1v) is 16.7. The highest BCUT2D eigenvalue weighted by molar-refractivity contribution is 7.92. The number of hydrogen-bond donors (Lipinski definition) is 1. The van der Waals surface area contributed by atoms with Crippen molar-refractivity contribution in [3.05, 3.63) is 83.4 Å². The summed E-state index contributed by atoms with van der Waals surface area (Å²) in [7, 11) is -2.39. The van der Waals surface area contributed by atoms with Crippen LogP contribution >= 0.6 is 0 Å². The Bertz CT molecular complexity index is 1820. The largest absolute Gasteiger partial charge is 0.472 e. The molecule has 12 heteroatoms. The Hall–Kier alpha value is -4.32. The summed E-state index contributed by atoms with van der Waals surface area (Å²) < 4.78 is 51.6. The number of nitrogens with zero attached hydrogens (tertiary/aromatic N) is 5. The third-order valence-corrected chi connectivity index (χ3v) is 10.2. The fourth-order valence-electron chi connectivity index (χ4n) is 6.68. The Balaban J connectivity index is 1.28. The number of rotatable bonds is 8. The van der Waals surface area contributed by atoms with E-state index < -0.39 is 21.5 Å². The van der Waals surface area contributed by atoms with Gasteiger partial charge in [0.2, 0.25) is 17.7 Å². The Morgan fingerprint density at radius 1 is 1.04 bits per heavy atom. The Kier molecular flexibility index (Phi) is 8.34. The highest BCUT2D eigenvalue weighted by Gasteiger charge is 2.46. The highest BCUT2D eigenvalue weighted by Crippen LogP contribution is 2.43. The number of benzene rings is 2. The molecule has 1 amide bonds. The van der Waals surface area contributed by atoms with Crippen molar-refractivity contribution in [1.82, 2.24) is 24.6 Å². The maximum absolute atomic E-state index is 15.1. The van der Waals surface area contributed by atoms with Crippen molar-refractivity contribution in [3.8, 4) is 17.1 Å². The molecule has 0 radical (unpaired) electrons. The van der Waals surface area contributed by atoms with E-state index >= 15 is 4.39 Å². The second-order valence-corrected chi connectivity index (χ2v) is 13.7. The summed E-state index contributed by atoms with van der Waals surface area (Å²) in [5.74, 6) is -0.365. The van der Waals surface area contributed by atoms with Gasteiger partial charge in [0.05, 0.1) is 23.9 Å². The quantitative estimate of drug-likeness (QED) is 0.279. The van der Waals surface area contributed by atoms with Crippen molar-refractivity contribution >= 4 is 21.9 Å². The zero-order chi connectivity index (χ0) is 31.8. The summed E-state index contributed by atoms with van der Waals surface area (Å²) in [4.78, 5) is 24.9. The molecule has 2 aromatic carbocycles. The van der Waals surface area contributed by atoms with Crippen molar-refractivity contribution in [2.75, 3.05) is 17.8 Å². The van der Waals surface area contributed by atoms with Crippen LogP contribution in [-0.2, 0) is 27.3 Å². The van der Waals surface area contributed by atoms with Crippen molar-refractivity contribution in [1.29, 1.82) is 0 Å². The zero-order valence-corrected chi connectivity index (χ0v) is 26.5. The molecule has 1 saturated heterocycles. The minimum atomic E-state index is -4.02. The molecule has 1 aliphatic carbocycles. The van der Waals surface area contributed by atoms with Gasteiger partial charge in [-0.2, -0.15) is 10.1 Å². The molecule has 1 unspecified atom stereocenters. The second-order valence-electron chi connectivity index (χ2n) is 12.0. The van der Waals surface area contributed by atoms with E-state index in [2.05, 4.69) is 19.8 Å². The lowest BCUT2D eigenvalue weighted by molar-refractivity contribution is -0.138. The molecule has 236 valence electrons. The summed E-state index contributed by atoms with van der Waals surface area (Å²) in [6.45, 7) is 4.70. The molecule has 3 heterocycles. The molecule has 2 aliphatic rings.